The number of rotatable bonds is 3. The van der Waals surface area contributed by atoms with Gasteiger partial charge in [0.15, 0.2) is 5.69 Å². The van der Waals surface area contributed by atoms with Gasteiger partial charge >= 0.3 is 5.97 Å². The summed E-state index contributed by atoms with van der Waals surface area (Å²) in [6, 6.07) is 11.7. The Hall–Kier alpha value is -2.69. The summed E-state index contributed by atoms with van der Waals surface area (Å²) in [5.41, 5.74) is 1.18. The van der Waals surface area contributed by atoms with Crippen LogP contribution in [0, 0.1) is 0 Å². The molecule has 0 atom stereocenters. The number of fused-ring (bicyclic) bond motifs is 1. The van der Waals surface area contributed by atoms with E-state index in [1.807, 2.05) is 36.4 Å². The third kappa shape index (κ3) is 2.25. The lowest BCUT2D eigenvalue weighted by Gasteiger charge is -2.02. The van der Waals surface area contributed by atoms with Gasteiger partial charge in [0.25, 0.3) is 0 Å². The molecule has 5 heteroatoms. The summed E-state index contributed by atoms with van der Waals surface area (Å²) in [6.45, 7) is 2.10. The molecule has 0 aliphatic rings. The molecule has 0 spiro atoms. The quantitative estimate of drug-likeness (QED) is 0.684. The predicted molar refractivity (Wildman–Crippen MR) is 74.8 cm³/mol. The van der Waals surface area contributed by atoms with Crippen LogP contribution in [0.3, 0.4) is 0 Å². The predicted octanol–water partition coefficient (Wildman–Crippen LogP) is 2.60. The molecule has 100 valence electrons. The smallest absolute Gasteiger partial charge is 0.358 e. The van der Waals surface area contributed by atoms with Gasteiger partial charge in [0.2, 0.25) is 0 Å². The molecule has 0 saturated heterocycles. The number of carbonyl (C=O) groups is 1. The molecule has 3 aromatic rings. The van der Waals surface area contributed by atoms with Crippen molar-refractivity contribution in [3.63, 3.8) is 0 Å². The largest absolute Gasteiger partial charge is 0.461 e. The Balaban J connectivity index is 1.96. The van der Waals surface area contributed by atoms with Crippen LogP contribution in [0.5, 0.6) is 0 Å². The summed E-state index contributed by atoms with van der Waals surface area (Å²) in [7, 11) is 0. The molecule has 2 aromatic heterocycles. The third-order valence-corrected chi connectivity index (χ3v) is 2.92. The van der Waals surface area contributed by atoms with Crippen LogP contribution in [0.15, 0.2) is 48.9 Å². The van der Waals surface area contributed by atoms with Crippen molar-refractivity contribution < 1.29 is 9.53 Å². The van der Waals surface area contributed by atoms with Crippen LogP contribution in [0.4, 0.5) is 0 Å². The number of nitrogens with zero attached hydrogens (tertiary/aromatic N) is 3. The van der Waals surface area contributed by atoms with Crippen molar-refractivity contribution in [1.82, 2.24) is 14.5 Å². The van der Waals surface area contributed by atoms with Gasteiger partial charge in [-0.15, -0.1) is 0 Å². The Kier molecular flexibility index (Phi) is 3.16. The number of carbonyl (C=O) groups excluding carboxylic acids is 1. The molecule has 0 amide bonds. The van der Waals surface area contributed by atoms with Crippen LogP contribution in [-0.4, -0.2) is 27.1 Å². The number of ether oxygens (including phenoxy) is 1. The van der Waals surface area contributed by atoms with Crippen molar-refractivity contribution in [2.75, 3.05) is 6.61 Å². The van der Waals surface area contributed by atoms with Crippen molar-refractivity contribution in [3.8, 4) is 5.82 Å². The normalized spacial score (nSPS) is 10.7. The molecule has 0 N–H and O–H groups in total. The molecule has 5 nitrogen and oxygen atoms in total. The zero-order valence-corrected chi connectivity index (χ0v) is 11.0. The van der Waals surface area contributed by atoms with Crippen LogP contribution in [0.2, 0.25) is 0 Å². The SMILES string of the molecule is CCOC(=O)c1cn(-c2ccc3ccccc3n2)cn1. The molecule has 0 bridgehead atoms. The molecule has 0 aliphatic heterocycles. The van der Waals surface area contributed by atoms with Crippen LogP contribution in [0.25, 0.3) is 16.7 Å². The summed E-state index contributed by atoms with van der Waals surface area (Å²) in [4.78, 5) is 20.2. The van der Waals surface area contributed by atoms with E-state index in [0.29, 0.717) is 12.4 Å². The first-order valence-corrected chi connectivity index (χ1v) is 6.35. The van der Waals surface area contributed by atoms with E-state index in [4.69, 9.17) is 4.74 Å². The Labute approximate surface area is 115 Å². The van der Waals surface area contributed by atoms with Crippen molar-refractivity contribution >= 4 is 16.9 Å². The van der Waals surface area contributed by atoms with Crippen LogP contribution >= 0.6 is 0 Å². The minimum absolute atomic E-state index is 0.279. The van der Waals surface area contributed by atoms with E-state index in [1.54, 1.807) is 24.0 Å². The van der Waals surface area contributed by atoms with Crippen LogP contribution < -0.4 is 0 Å². The average molecular weight is 267 g/mol. The Bertz CT molecular complexity index is 764. The fourth-order valence-corrected chi connectivity index (χ4v) is 1.96. The second-order valence-corrected chi connectivity index (χ2v) is 4.25. The minimum atomic E-state index is -0.424. The molecule has 20 heavy (non-hydrogen) atoms. The van der Waals surface area contributed by atoms with E-state index < -0.39 is 5.97 Å². The van der Waals surface area contributed by atoms with Crippen molar-refractivity contribution in [3.05, 3.63) is 54.6 Å². The van der Waals surface area contributed by atoms with Gasteiger partial charge in [0.05, 0.1) is 12.1 Å². The van der Waals surface area contributed by atoms with Crippen LogP contribution in [0.1, 0.15) is 17.4 Å². The number of hydrogen-bond acceptors (Lipinski definition) is 4. The summed E-state index contributed by atoms with van der Waals surface area (Å²) in [5, 5.41) is 1.07. The minimum Gasteiger partial charge on any atom is -0.461 e. The van der Waals surface area contributed by atoms with Gasteiger partial charge in [0, 0.05) is 11.6 Å². The molecule has 0 radical (unpaired) electrons. The molecule has 0 unspecified atom stereocenters. The lowest BCUT2D eigenvalue weighted by Crippen LogP contribution is -2.04. The highest BCUT2D eigenvalue weighted by molar-refractivity contribution is 5.87. The lowest BCUT2D eigenvalue weighted by molar-refractivity contribution is 0.0520. The fourth-order valence-electron chi connectivity index (χ4n) is 1.96. The highest BCUT2D eigenvalue weighted by Gasteiger charge is 2.11. The number of aromatic nitrogens is 3. The summed E-state index contributed by atoms with van der Waals surface area (Å²) >= 11 is 0. The number of pyridine rings is 1. The first kappa shape index (κ1) is 12.3. The number of hydrogen-bond donors (Lipinski definition) is 0. The molecule has 0 aliphatic carbocycles. The van der Waals surface area contributed by atoms with Gasteiger partial charge in [-0.05, 0) is 25.1 Å². The van der Waals surface area contributed by atoms with Gasteiger partial charge in [-0.2, -0.15) is 0 Å². The Morgan fingerprint density at radius 2 is 2.10 bits per heavy atom. The highest BCUT2D eigenvalue weighted by atomic mass is 16.5. The van der Waals surface area contributed by atoms with Crippen molar-refractivity contribution in [2.24, 2.45) is 0 Å². The third-order valence-electron chi connectivity index (χ3n) is 2.92. The first-order valence-electron chi connectivity index (χ1n) is 6.35. The molecular formula is C15H13N3O2. The standard InChI is InChI=1S/C15H13N3O2/c1-2-20-15(19)13-9-18(10-16-13)14-8-7-11-5-3-4-6-12(11)17-14/h3-10H,2H2,1H3. The first-order chi connectivity index (χ1) is 9.78. The van der Waals surface area contributed by atoms with Gasteiger partial charge in [-0.25, -0.2) is 14.8 Å². The molecule has 0 saturated carbocycles. The molecule has 0 fully saturated rings. The van der Waals surface area contributed by atoms with Crippen LogP contribution in [-0.2, 0) is 4.74 Å². The van der Waals surface area contributed by atoms with Gasteiger partial charge in [0.1, 0.15) is 12.1 Å². The lowest BCUT2D eigenvalue weighted by atomic mass is 10.2. The topological polar surface area (TPSA) is 57.0 Å². The van der Waals surface area contributed by atoms with E-state index in [2.05, 4.69) is 9.97 Å². The monoisotopic (exact) mass is 267 g/mol. The van der Waals surface area contributed by atoms with Gasteiger partial charge in [-0.1, -0.05) is 18.2 Å². The molecule has 3 rings (SSSR count). The Morgan fingerprint density at radius 3 is 2.95 bits per heavy atom. The maximum atomic E-state index is 11.6. The average Bonchev–Trinajstić information content (AvgIpc) is 2.97. The van der Waals surface area contributed by atoms with E-state index >= 15 is 0 Å². The number of esters is 1. The molecule has 2 heterocycles. The second kappa shape index (κ2) is 5.13. The van der Waals surface area contributed by atoms with E-state index in [9.17, 15) is 4.79 Å². The zero-order valence-electron chi connectivity index (χ0n) is 11.0. The van der Waals surface area contributed by atoms with E-state index in [0.717, 1.165) is 10.9 Å². The Morgan fingerprint density at radius 1 is 1.25 bits per heavy atom. The molecule has 1 aromatic carbocycles. The van der Waals surface area contributed by atoms with E-state index in [1.165, 1.54) is 0 Å². The van der Waals surface area contributed by atoms with Gasteiger partial charge in [-0.3, -0.25) is 4.57 Å². The maximum Gasteiger partial charge on any atom is 0.358 e. The second-order valence-electron chi connectivity index (χ2n) is 4.25. The van der Waals surface area contributed by atoms with Crippen molar-refractivity contribution in [1.29, 1.82) is 0 Å². The number of benzene rings is 1. The summed E-state index contributed by atoms with van der Waals surface area (Å²) < 4.78 is 6.62. The molecular weight excluding hydrogens is 254 g/mol. The highest BCUT2D eigenvalue weighted by Crippen LogP contribution is 2.14. The summed E-state index contributed by atoms with van der Waals surface area (Å²) in [6.07, 6.45) is 3.18. The maximum absolute atomic E-state index is 11.6. The number of imidazole rings is 1. The fraction of sp³-hybridized carbons (Fsp3) is 0.133. The zero-order chi connectivity index (χ0) is 13.9. The summed E-state index contributed by atoms with van der Waals surface area (Å²) in [5.74, 6) is 0.291. The van der Waals surface area contributed by atoms with Gasteiger partial charge < -0.3 is 4.74 Å². The van der Waals surface area contributed by atoms with Crippen molar-refractivity contribution in [2.45, 2.75) is 6.92 Å². The number of para-hydroxylation sites is 1. The van der Waals surface area contributed by atoms with E-state index in [-0.39, 0.29) is 5.69 Å².